The van der Waals surface area contributed by atoms with E-state index in [1.54, 1.807) is 24.3 Å². The Bertz CT molecular complexity index is 836. The van der Waals surface area contributed by atoms with Gasteiger partial charge in [0.2, 0.25) is 21.1 Å². The van der Waals surface area contributed by atoms with Gasteiger partial charge in [0.25, 0.3) is 0 Å². The molecule has 0 fully saturated rings. The molecule has 1 atom stereocenters. The zero-order valence-corrected chi connectivity index (χ0v) is 16.5. The molecule has 0 aliphatic rings. The molecule has 136 valence electrons. The number of amides is 1. The quantitative estimate of drug-likeness (QED) is 0.559. The van der Waals surface area contributed by atoms with Crippen molar-refractivity contribution in [3.05, 3.63) is 24.3 Å². The molecule has 1 N–H and O–H groups in total. The molecule has 0 saturated carbocycles. The van der Waals surface area contributed by atoms with Gasteiger partial charge in [-0.25, -0.2) is 8.42 Å². The van der Waals surface area contributed by atoms with E-state index < -0.39 is 22.0 Å². The van der Waals surface area contributed by atoms with Gasteiger partial charge in [0, 0.05) is 0 Å². The predicted molar refractivity (Wildman–Crippen MR) is 100 cm³/mol. The van der Waals surface area contributed by atoms with Crippen molar-refractivity contribution in [2.45, 2.75) is 17.3 Å². The largest absolute Gasteiger partial charge is 0.497 e. The van der Waals surface area contributed by atoms with Gasteiger partial charge in [-0.2, -0.15) is 0 Å². The first-order valence-corrected chi connectivity index (χ1v) is 11.0. The number of sulfonamides is 1. The molecule has 0 saturated heterocycles. The minimum atomic E-state index is -3.68. The Hall–Kier alpha value is -1.85. The van der Waals surface area contributed by atoms with Crippen molar-refractivity contribution in [1.29, 1.82) is 0 Å². The third kappa shape index (κ3) is 4.83. The Balaban J connectivity index is 2.25. The summed E-state index contributed by atoms with van der Waals surface area (Å²) in [5, 5.41) is 10.7. The highest BCUT2D eigenvalue weighted by molar-refractivity contribution is 8.00. The molecule has 0 aliphatic carbocycles. The number of aromatic nitrogens is 2. The van der Waals surface area contributed by atoms with Crippen LogP contribution in [0.3, 0.4) is 0 Å². The van der Waals surface area contributed by atoms with Crippen molar-refractivity contribution >= 4 is 49.8 Å². The zero-order chi connectivity index (χ0) is 18.6. The smallest absolute Gasteiger partial charge is 0.249 e. The molecule has 0 aliphatic heterocycles. The minimum Gasteiger partial charge on any atom is -0.497 e. The van der Waals surface area contributed by atoms with Gasteiger partial charge in [0.15, 0.2) is 4.34 Å². The summed E-state index contributed by atoms with van der Waals surface area (Å²) in [5.74, 6) is 0.0952. The number of carbonyl (C=O) groups is 1. The molecule has 2 aromatic rings. The van der Waals surface area contributed by atoms with Crippen LogP contribution in [0.5, 0.6) is 5.75 Å². The van der Waals surface area contributed by atoms with E-state index in [9.17, 15) is 13.2 Å². The van der Waals surface area contributed by atoms with Crippen molar-refractivity contribution in [3.8, 4) is 5.75 Å². The number of nitrogens with one attached hydrogen (secondary N) is 1. The standard InChI is InChI=1S/C14H18N4O4S3/c1-9(12(19)15-13-16-17-14(23-3)24-13)18(25(4,20)21)10-5-7-11(22-2)8-6-10/h5-9H,1-4H3,(H,15,16,19)/t9-/m1/s1. The van der Waals surface area contributed by atoms with Crippen molar-refractivity contribution in [3.63, 3.8) is 0 Å². The molecular weight excluding hydrogens is 384 g/mol. The summed E-state index contributed by atoms with van der Waals surface area (Å²) in [6, 6.07) is 5.47. The number of carbonyl (C=O) groups excluding carboxylic acids is 1. The predicted octanol–water partition coefficient (Wildman–Crippen LogP) is 2.06. The Labute approximate surface area is 154 Å². The van der Waals surface area contributed by atoms with E-state index in [4.69, 9.17) is 4.74 Å². The highest BCUT2D eigenvalue weighted by Gasteiger charge is 2.29. The van der Waals surface area contributed by atoms with Crippen molar-refractivity contribution in [1.82, 2.24) is 10.2 Å². The zero-order valence-electron chi connectivity index (χ0n) is 14.1. The molecule has 0 spiro atoms. The van der Waals surface area contributed by atoms with Gasteiger partial charge in [-0.1, -0.05) is 23.1 Å². The first kappa shape index (κ1) is 19.5. The third-order valence-corrected chi connectivity index (χ3v) is 6.28. The molecule has 25 heavy (non-hydrogen) atoms. The number of hydrogen-bond donors (Lipinski definition) is 1. The molecule has 1 amide bonds. The number of methoxy groups -OCH3 is 1. The van der Waals surface area contributed by atoms with Crippen molar-refractivity contribution in [2.75, 3.05) is 29.2 Å². The number of benzene rings is 1. The fraction of sp³-hybridized carbons (Fsp3) is 0.357. The number of anilines is 2. The van der Waals surface area contributed by atoms with E-state index in [0.29, 0.717) is 20.9 Å². The first-order valence-electron chi connectivity index (χ1n) is 7.08. The first-order chi connectivity index (χ1) is 11.8. The molecular formula is C14H18N4O4S3. The van der Waals surface area contributed by atoms with Gasteiger partial charge >= 0.3 is 0 Å². The van der Waals surface area contributed by atoms with Gasteiger partial charge in [0.05, 0.1) is 19.1 Å². The number of thioether (sulfide) groups is 1. The van der Waals surface area contributed by atoms with Crippen LogP contribution in [0.2, 0.25) is 0 Å². The van der Waals surface area contributed by atoms with E-state index in [1.165, 1.54) is 37.1 Å². The average Bonchev–Trinajstić information content (AvgIpc) is 3.02. The van der Waals surface area contributed by atoms with Gasteiger partial charge in [-0.3, -0.25) is 14.4 Å². The summed E-state index contributed by atoms with van der Waals surface area (Å²) in [4.78, 5) is 12.5. The summed E-state index contributed by atoms with van der Waals surface area (Å²) in [5.41, 5.74) is 0.369. The van der Waals surface area contributed by atoms with Crippen LogP contribution in [0.4, 0.5) is 10.8 Å². The Morgan fingerprint density at radius 2 is 1.96 bits per heavy atom. The van der Waals surface area contributed by atoms with Crippen LogP contribution in [-0.2, 0) is 14.8 Å². The fourth-order valence-electron chi connectivity index (χ4n) is 2.09. The van der Waals surface area contributed by atoms with Gasteiger partial charge in [-0.15, -0.1) is 10.2 Å². The van der Waals surface area contributed by atoms with E-state index in [-0.39, 0.29) is 0 Å². The highest BCUT2D eigenvalue weighted by atomic mass is 32.2. The number of rotatable bonds is 7. The molecule has 8 nitrogen and oxygen atoms in total. The maximum absolute atomic E-state index is 12.5. The van der Waals surface area contributed by atoms with Crippen LogP contribution in [0.25, 0.3) is 0 Å². The molecule has 2 rings (SSSR count). The molecule has 0 radical (unpaired) electrons. The second kappa shape index (κ2) is 8.02. The average molecular weight is 403 g/mol. The molecule has 1 heterocycles. The fourth-order valence-corrected chi connectivity index (χ4v) is 4.44. The Kier molecular flexibility index (Phi) is 6.25. The number of hydrogen-bond acceptors (Lipinski definition) is 8. The Morgan fingerprint density at radius 1 is 1.32 bits per heavy atom. The van der Waals surface area contributed by atoms with Gasteiger partial charge < -0.3 is 4.74 Å². The summed E-state index contributed by atoms with van der Waals surface area (Å²) in [7, 11) is -2.16. The number of nitrogens with zero attached hydrogens (tertiary/aromatic N) is 3. The lowest BCUT2D eigenvalue weighted by Crippen LogP contribution is -2.45. The maximum atomic E-state index is 12.5. The summed E-state index contributed by atoms with van der Waals surface area (Å²) in [6.07, 6.45) is 2.90. The molecule has 0 unspecified atom stereocenters. The lowest BCUT2D eigenvalue weighted by atomic mass is 10.2. The van der Waals surface area contributed by atoms with Crippen molar-refractivity contribution < 1.29 is 17.9 Å². The summed E-state index contributed by atoms with van der Waals surface area (Å²) >= 11 is 2.63. The van der Waals surface area contributed by atoms with E-state index in [2.05, 4.69) is 15.5 Å². The lowest BCUT2D eigenvalue weighted by molar-refractivity contribution is -0.116. The SMILES string of the molecule is COc1ccc(N([C@H](C)C(=O)Nc2nnc(SC)s2)S(C)(=O)=O)cc1. The lowest BCUT2D eigenvalue weighted by Gasteiger charge is -2.27. The van der Waals surface area contributed by atoms with Crippen LogP contribution >= 0.6 is 23.1 Å². The van der Waals surface area contributed by atoms with Gasteiger partial charge in [-0.05, 0) is 37.4 Å². The molecule has 1 aromatic carbocycles. The third-order valence-electron chi connectivity index (χ3n) is 3.23. The van der Waals surface area contributed by atoms with E-state index in [0.717, 1.165) is 10.6 Å². The highest BCUT2D eigenvalue weighted by Crippen LogP contribution is 2.26. The van der Waals surface area contributed by atoms with Crippen molar-refractivity contribution in [2.24, 2.45) is 0 Å². The van der Waals surface area contributed by atoms with Crippen LogP contribution < -0.4 is 14.4 Å². The molecule has 0 bridgehead atoms. The molecule has 1 aromatic heterocycles. The van der Waals surface area contributed by atoms with Crippen LogP contribution in [-0.4, -0.2) is 50.2 Å². The number of ether oxygens (including phenoxy) is 1. The van der Waals surface area contributed by atoms with Gasteiger partial charge in [0.1, 0.15) is 11.8 Å². The van der Waals surface area contributed by atoms with E-state index in [1.807, 2.05) is 6.26 Å². The Morgan fingerprint density at radius 3 is 2.44 bits per heavy atom. The second-order valence-electron chi connectivity index (χ2n) is 5.00. The van der Waals surface area contributed by atoms with Crippen LogP contribution in [0.1, 0.15) is 6.92 Å². The maximum Gasteiger partial charge on any atom is 0.249 e. The van der Waals surface area contributed by atoms with Crippen LogP contribution in [0.15, 0.2) is 28.6 Å². The molecule has 11 heteroatoms. The summed E-state index contributed by atoms with van der Waals surface area (Å²) < 4.78 is 31.3. The van der Waals surface area contributed by atoms with E-state index >= 15 is 0 Å². The topological polar surface area (TPSA) is 101 Å². The summed E-state index contributed by atoms with van der Waals surface area (Å²) in [6.45, 7) is 1.51. The van der Waals surface area contributed by atoms with Crippen LogP contribution in [0, 0.1) is 0 Å². The monoisotopic (exact) mass is 402 g/mol. The minimum absolute atomic E-state index is 0.324. The second-order valence-corrected chi connectivity index (χ2v) is 8.89. The normalized spacial score (nSPS) is 12.5.